The quantitative estimate of drug-likeness (QED) is 0.616. The summed E-state index contributed by atoms with van der Waals surface area (Å²) in [6.07, 6.45) is 0.876. The van der Waals surface area contributed by atoms with Gasteiger partial charge in [0.15, 0.2) is 6.29 Å². The summed E-state index contributed by atoms with van der Waals surface area (Å²) in [6.45, 7) is 4.03. The van der Waals surface area contributed by atoms with Gasteiger partial charge in [0.25, 0.3) is 0 Å². The van der Waals surface area contributed by atoms with Crippen molar-refractivity contribution in [3.05, 3.63) is 57.1 Å². The highest BCUT2D eigenvalue weighted by Gasteiger charge is 2.16. The molecule has 0 aliphatic heterocycles. The van der Waals surface area contributed by atoms with Gasteiger partial charge in [0.1, 0.15) is 0 Å². The number of aromatic amines is 1. The van der Waals surface area contributed by atoms with Crippen LogP contribution in [0.15, 0.2) is 30.3 Å². The summed E-state index contributed by atoms with van der Waals surface area (Å²) in [6, 6.07) is 9.36. The summed E-state index contributed by atoms with van der Waals surface area (Å²) in [5.74, 6) is 0. The molecule has 0 fully saturated rings. The van der Waals surface area contributed by atoms with E-state index >= 15 is 0 Å². The van der Waals surface area contributed by atoms with Gasteiger partial charge >= 0.3 is 0 Å². The Morgan fingerprint density at radius 1 is 1.10 bits per heavy atom. The lowest BCUT2D eigenvalue weighted by atomic mass is 10.0. The van der Waals surface area contributed by atoms with Gasteiger partial charge in [-0.1, -0.05) is 29.3 Å². The van der Waals surface area contributed by atoms with Crippen molar-refractivity contribution in [2.75, 3.05) is 0 Å². The molecule has 0 amide bonds. The standard InChI is InChI=1S/C17H13Cl2NO/c1-9-5-10(2)16-13(8-21)17(20-15(16)6-9)12-4-3-11(18)7-14(12)19/h3-8,20H,1-2H3. The van der Waals surface area contributed by atoms with Gasteiger partial charge in [0.05, 0.1) is 10.7 Å². The van der Waals surface area contributed by atoms with Crippen LogP contribution in [0.25, 0.3) is 22.2 Å². The third kappa shape index (κ3) is 2.35. The van der Waals surface area contributed by atoms with Crippen LogP contribution in [0.5, 0.6) is 0 Å². The second-order valence-corrected chi connectivity index (χ2v) is 6.00. The van der Waals surface area contributed by atoms with Crippen molar-refractivity contribution in [1.29, 1.82) is 0 Å². The number of fused-ring (bicyclic) bond motifs is 1. The summed E-state index contributed by atoms with van der Waals surface area (Å²) < 4.78 is 0. The zero-order valence-corrected chi connectivity index (χ0v) is 13.1. The predicted octanol–water partition coefficient (Wildman–Crippen LogP) is 5.57. The maximum Gasteiger partial charge on any atom is 0.152 e. The number of rotatable bonds is 2. The molecule has 0 atom stereocenters. The van der Waals surface area contributed by atoms with E-state index in [9.17, 15) is 4.79 Å². The molecular formula is C17H13Cl2NO. The maximum absolute atomic E-state index is 11.6. The average Bonchev–Trinajstić information content (AvgIpc) is 2.76. The largest absolute Gasteiger partial charge is 0.354 e. The molecule has 4 heteroatoms. The lowest BCUT2D eigenvalue weighted by Gasteiger charge is -2.04. The van der Waals surface area contributed by atoms with E-state index in [0.717, 1.165) is 39.6 Å². The minimum Gasteiger partial charge on any atom is -0.354 e. The Labute approximate surface area is 132 Å². The molecule has 3 rings (SSSR count). The van der Waals surface area contributed by atoms with Gasteiger partial charge in [-0.05, 0) is 49.2 Å². The number of carbonyl (C=O) groups excluding carboxylic acids is 1. The molecule has 1 N–H and O–H groups in total. The number of aldehydes is 1. The van der Waals surface area contributed by atoms with Gasteiger partial charge in [-0.2, -0.15) is 0 Å². The molecule has 2 nitrogen and oxygen atoms in total. The summed E-state index contributed by atoms with van der Waals surface area (Å²) in [5.41, 5.74) is 5.29. The van der Waals surface area contributed by atoms with Crippen molar-refractivity contribution < 1.29 is 4.79 Å². The van der Waals surface area contributed by atoms with Crippen LogP contribution in [0.1, 0.15) is 21.5 Å². The second-order valence-electron chi connectivity index (χ2n) is 5.16. The first-order valence-corrected chi connectivity index (χ1v) is 7.30. The summed E-state index contributed by atoms with van der Waals surface area (Å²) in [7, 11) is 0. The number of benzene rings is 2. The lowest BCUT2D eigenvalue weighted by Crippen LogP contribution is -1.87. The van der Waals surface area contributed by atoms with Crippen LogP contribution in [0.2, 0.25) is 10.0 Å². The van der Waals surface area contributed by atoms with Crippen molar-refractivity contribution in [2.24, 2.45) is 0 Å². The smallest absolute Gasteiger partial charge is 0.152 e. The van der Waals surface area contributed by atoms with Crippen LogP contribution < -0.4 is 0 Å². The van der Waals surface area contributed by atoms with Crippen LogP contribution in [0.3, 0.4) is 0 Å². The van der Waals surface area contributed by atoms with Gasteiger partial charge in [0, 0.05) is 27.1 Å². The summed E-state index contributed by atoms with van der Waals surface area (Å²) in [5, 5.41) is 2.03. The molecule has 1 aromatic heterocycles. The Bertz CT molecular complexity index is 865. The van der Waals surface area contributed by atoms with Crippen LogP contribution in [-0.4, -0.2) is 11.3 Å². The van der Waals surface area contributed by atoms with Crippen molar-refractivity contribution >= 4 is 40.4 Å². The lowest BCUT2D eigenvalue weighted by molar-refractivity contribution is 0.112. The van der Waals surface area contributed by atoms with E-state index in [1.807, 2.05) is 26.0 Å². The number of hydrogen-bond donors (Lipinski definition) is 1. The maximum atomic E-state index is 11.6. The average molecular weight is 318 g/mol. The fraction of sp³-hybridized carbons (Fsp3) is 0.118. The molecule has 0 spiro atoms. The third-order valence-electron chi connectivity index (χ3n) is 3.60. The number of aryl methyl sites for hydroxylation is 2. The highest BCUT2D eigenvalue weighted by Crippen LogP contribution is 2.36. The Morgan fingerprint density at radius 3 is 2.52 bits per heavy atom. The normalized spacial score (nSPS) is 11.0. The molecule has 0 aliphatic rings. The first kappa shape index (κ1) is 14.2. The SMILES string of the molecule is Cc1cc(C)c2c(C=O)c(-c3ccc(Cl)cc3Cl)[nH]c2c1. The highest BCUT2D eigenvalue weighted by atomic mass is 35.5. The van der Waals surface area contributed by atoms with Gasteiger partial charge in [-0.3, -0.25) is 4.79 Å². The van der Waals surface area contributed by atoms with E-state index in [2.05, 4.69) is 11.1 Å². The predicted molar refractivity (Wildman–Crippen MR) is 88.6 cm³/mol. The molecule has 3 aromatic rings. The number of halogens is 2. The van der Waals surface area contributed by atoms with Crippen molar-refractivity contribution in [3.63, 3.8) is 0 Å². The van der Waals surface area contributed by atoms with Crippen LogP contribution in [0, 0.1) is 13.8 Å². The first-order valence-electron chi connectivity index (χ1n) is 6.55. The van der Waals surface area contributed by atoms with Gasteiger partial charge < -0.3 is 4.98 Å². The molecule has 0 radical (unpaired) electrons. The van der Waals surface area contributed by atoms with E-state index in [0.29, 0.717) is 15.6 Å². The fourth-order valence-electron chi connectivity index (χ4n) is 2.77. The molecule has 21 heavy (non-hydrogen) atoms. The molecule has 0 aliphatic carbocycles. The number of hydrogen-bond acceptors (Lipinski definition) is 1. The van der Waals surface area contributed by atoms with E-state index in [4.69, 9.17) is 23.2 Å². The van der Waals surface area contributed by atoms with E-state index in [1.54, 1.807) is 12.1 Å². The van der Waals surface area contributed by atoms with Gasteiger partial charge in [0.2, 0.25) is 0 Å². The van der Waals surface area contributed by atoms with E-state index < -0.39 is 0 Å². The molecule has 106 valence electrons. The number of H-pyrrole nitrogens is 1. The zero-order valence-electron chi connectivity index (χ0n) is 11.6. The van der Waals surface area contributed by atoms with E-state index in [1.165, 1.54) is 0 Å². The highest BCUT2D eigenvalue weighted by molar-refractivity contribution is 6.36. The number of carbonyl (C=O) groups is 1. The summed E-state index contributed by atoms with van der Waals surface area (Å²) in [4.78, 5) is 14.9. The number of aromatic nitrogens is 1. The molecular weight excluding hydrogens is 305 g/mol. The fourth-order valence-corrected chi connectivity index (χ4v) is 3.28. The van der Waals surface area contributed by atoms with E-state index in [-0.39, 0.29) is 0 Å². The van der Waals surface area contributed by atoms with Crippen LogP contribution >= 0.6 is 23.2 Å². The monoisotopic (exact) mass is 317 g/mol. The molecule has 0 unspecified atom stereocenters. The molecule has 0 bridgehead atoms. The minimum absolute atomic E-state index is 0.520. The molecule has 0 saturated heterocycles. The Hall–Kier alpha value is -1.77. The second kappa shape index (κ2) is 5.21. The van der Waals surface area contributed by atoms with Crippen molar-refractivity contribution in [3.8, 4) is 11.3 Å². The molecule has 0 saturated carbocycles. The van der Waals surface area contributed by atoms with Gasteiger partial charge in [-0.25, -0.2) is 0 Å². The van der Waals surface area contributed by atoms with Crippen molar-refractivity contribution in [2.45, 2.75) is 13.8 Å². The molecule has 1 heterocycles. The Morgan fingerprint density at radius 2 is 1.86 bits per heavy atom. The van der Waals surface area contributed by atoms with Crippen LogP contribution in [-0.2, 0) is 0 Å². The first-order chi connectivity index (χ1) is 10.0. The van der Waals surface area contributed by atoms with Crippen molar-refractivity contribution in [1.82, 2.24) is 4.98 Å². The Balaban J connectivity index is 2.37. The molecule has 2 aromatic carbocycles. The topological polar surface area (TPSA) is 32.9 Å². The number of nitrogens with one attached hydrogen (secondary N) is 1. The Kier molecular flexibility index (Phi) is 3.52. The van der Waals surface area contributed by atoms with Gasteiger partial charge in [-0.15, -0.1) is 0 Å². The van der Waals surface area contributed by atoms with Crippen LogP contribution in [0.4, 0.5) is 0 Å². The zero-order chi connectivity index (χ0) is 15.1. The summed E-state index contributed by atoms with van der Waals surface area (Å²) >= 11 is 12.2. The third-order valence-corrected chi connectivity index (χ3v) is 4.14. The minimum atomic E-state index is 0.520.